The Balaban J connectivity index is 3.13. The van der Waals surface area contributed by atoms with E-state index in [2.05, 4.69) is 15.9 Å². The van der Waals surface area contributed by atoms with E-state index in [1.807, 2.05) is 0 Å². The highest BCUT2D eigenvalue weighted by molar-refractivity contribution is 9.10. The molecule has 1 N–H and O–H groups in total. The molecule has 0 fully saturated rings. The molecule has 0 aliphatic heterocycles. The standard InChI is InChI=1S/C8H5BrClNO3/c9-6-1-2-7(12)5(3-6)4-8(10)11(13)14/h1-4,12H/b8-4+. The number of hydrogen-bond acceptors (Lipinski definition) is 3. The topological polar surface area (TPSA) is 63.4 Å². The Labute approximate surface area is 93.1 Å². The largest absolute Gasteiger partial charge is 0.507 e. The van der Waals surface area contributed by atoms with Crippen LogP contribution in [0.1, 0.15) is 5.56 Å². The van der Waals surface area contributed by atoms with Gasteiger partial charge in [0.1, 0.15) is 5.75 Å². The minimum atomic E-state index is -0.734. The highest BCUT2D eigenvalue weighted by atomic mass is 79.9. The number of phenolic OH excluding ortho intramolecular Hbond substituents is 1. The average Bonchev–Trinajstić information content (AvgIpc) is 2.11. The third kappa shape index (κ3) is 2.71. The Bertz CT molecular complexity index is 406. The Kier molecular flexibility index (Phi) is 3.49. The molecule has 0 aromatic heterocycles. The van der Waals surface area contributed by atoms with Crippen LogP contribution in [-0.4, -0.2) is 10.0 Å². The molecule has 0 bridgehead atoms. The second kappa shape index (κ2) is 4.43. The molecule has 0 aliphatic carbocycles. The van der Waals surface area contributed by atoms with Gasteiger partial charge in [0.2, 0.25) is 0 Å². The average molecular weight is 278 g/mol. The minimum Gasteiger partial charge on any atom is -0.507 e. The molecule has 0 unspecified atom stereocenters. The molecule has 74 valence electrons. The van der Waals surface area contributed by atoms with Crippen LogP contribution in [0, 0.1) is 10.1 Å². The first-order valence-corrected chi connectivity index (χ1v) is 4.68. The minimum absolute atomic E-state index is 0.0619. The lowest BCUT2D eigenvalue weighted by molar-refractivity contribution is -0.410. The van der Waals surface area contributed by atoms with Crippen molar-refractivity contribution < 1.29 is 10.0 Å². The quantitative estimate of drug-likeness (QED) is 0.514. The number of hydrogen-bond donors (Lipinski definition) is 1. The van der Waals surface area contributed by atoms with Gasteiger partial charge in [-0.2, -0.15) is 0 Å². The molecule has 6 heteroatoms. The van der Waals surface area contributed by atoms with Crippen molar-refractivity contribution in [3.05, 3.63) is 43.5 Å². The summed E-state index contributed by atoms with van der Waals surface area (Å²) >= 11 is 8.48. The third-order valence-electron chi connectivity index (χ3n) is 1.44. The fourth-order valence-electron chi connectivity index (χ4n) is 0.822. The lowest BCUT2D eigenvalue weighted by Gasteiger charge is -1.98. The van der Waals surface area contributed by atoms with Crippen molar-refractivity contribution in [2.24, 2.45) is 0 Å². The van der Waals surface area contributed by atoms with Gasteiger partial charge in [-0.1, -0.05) is 15.9 Å². The highest BCUT2D eigenvalue weighted by Crippen LogP contribution is 2.24. The smallest absolute Gasteiger partial charge is 0.337 e. The van der Waals surface area contributed by atoms with Crippen molar-refractivity contribution in [2.75, 3.05) is 0 Å². The molecule has 1 rings (SSSR count). The van der Waals surface area contributed by atoms with Crippen LogP contribution in [-0.2, 0) is 0 Å². The van der Waals surface area contributed by atoms with Gasteiger partial charge in [0.15, 0.2) is 0 Å². The normalized spacial score (nSPS) is 11.4. The first kappa shape index (κ1) is 11.0. The van der Waals surface area contributed by atoms with E-state index >= 15 is 0 Å². The number of aromatic hydroxyl groups is 1. The van der Waals surface area contributed by atoms with Crippen LogP contribution in [0.15, 0.2) is 27.8 Å². The van der Waals surface area contributed by atoms with Gasteiger partial charge < -0.3 is 5.11 Å². The summed E-state index contributed by atoms with van der Waals surface area (Å²) in [6.07, 6.45) is 1.08. The van der Waals surface area contributed by atoms with E-state index in [4.69, 9.17) is 11.6 Å². The number of rotatable bonds is 2. The maximum absolute atomic E-state index is 10.2. The number of benzene rings is 1. The van der Waals surface area contributed by atoms with Crippen LogP contribution in [0.5, 0.6) is 5.75 Å². The van der Waals surface area contributed by atoms with Crippen molar-refractivity contribution >= 4 is 33.6 Å². The molecule has 0 saturated carbocycles. The first-order chi connectivity index (χ1) is 6.50. The molecule has 1 aromatic carbocycles. The van der Waals surface area contributed by atoms with Gasteiger partial charge in [-0.25, -0.2) is 0 Å². The molecule has 1 aromatic rings. The maximum Gasteiger partial charge on any atom is 0.337 e. The lowest BCUT2D eigenvalue weighted by Crippen LogP contribution is -1.90. The molecule has 0 spiro atoms. The van der Waals surface area contributed by atoms with Crippen LogP contribution >= 0.6 is 27.5 Å². The van der Waals surface area contributed by atoms with Crippen LogP contribution < -0.4 is 0 Å². The van der Waals surface area contributed by atoms with Crippen molar-refractivity contribution in [1.82, 2.24) is 0 Å². The molecular formula is C8H5BrClNO3. The van der Waals surface area contributed by atoms with Crippen molar-refractivity contribution in [3.8, 4) is 5.75 Å². The van der Waals surface area contributed by atoms with E-state index in [0.717, 1.165) is 6.08 Å². The third-order valence-corrected chi connectivity index (χ3v) is 2.18. The monoisotopic (exact) mass is 277 g/mol. The Morgan fingerprint density at radius 1 is 1.64 bits per heavy atom. The van der Waals surface area contributed by atoms with E-state index in [1.165, 1.54) is 12.1 Å². The summed E-state index contributed by atoms with van der Waals surface area (Å²) in [6.45, 7) is 0. The molecule has 0 saturated heterocycles. The van der Waals surface area contributed by atoms with Crippen LogP contribution in [0.4, 0.5) is 0 Å². The number of phenols is 1. The maximum atomic E-state index is 10.2. The van der Waals surface area contributed by atoms with Crippen molar-refractivity contribution in [2.45, 2.75) is 0 Å². The summed E-state index contributed by atoms with van der Waals surface area (Å²) in [4.78, 5) is 9.48. The predicted octanol–water partition coefficient (Wildman–Crippen LogP) is 2.97. The second-order valence-corrected chi connectivity index (χ2v) is 3.73. The zero-order chi connectivity index (χ0) is 10.7. The summed E-state index contributed by atoms with van der Waals surface area (Å²) in [5, 5.41) is 19.0. The van der Waals surface area contributed by atoms with Gasteiger partial charge in [0.05, 0.1) is 4.92 Å². The zero-order valence-electron chi connectivity index (χ0n) is 6.78. The van der Waals surface area contributed by atoms with Gasteiger partial charge in [0, 0.05) is 16.1 Å². The van der Waals surface area contributed by atoms with Gasteiger partial charge in [-0.05, 0) is 29.8 Å². The first-order valence-electron chi connectivity index (χ1n) is 3.51. The van der Waals surface area contributed by atoms with Crippen molar-refractivity contribution in [3.63, 3.8) is 0 Å². The molecule has 14 heavy (non-hydrogen) atoms. The van der Waals surface area contributed by atoms with E-state index < -0.39 is 10.1 Å². The van der Waals surface area contributed by atoms with E-state index in [1.54, 1.807) is 6.07 Å². The summed E-state index contributed by atoms with van der Waals surface area (Å²) in [5.74, 6) is -0.0619. The van der Waals surface area contributed by atoms with E-state index in [0.29, 0.717) is 10.0 Å². The van der Waals surface area contributed by atoms with Crippen molar-refractivity contribution in [1.29, 1.82) is 0 Å². The molecule has 0 aliphatic rings. The fourth-order valence-corrected chi connectivity index (χ4v) is 1.32. The summed E-state index contributed by atoms with van der Waals surface area (Å²) in [5.41, 5.74) is 0.293. The van der Waals surface area contributed by atoms with Crippen LogP contribution in [0.3, 0.4) is 0 Å². The zero-order valence-corrected chi connectivity index (χ0v) is 9.12. The fraction of sp³-hybridized carbons (Fsp3) is 0. The summed E-state index contributed by atoms with van der Waals surface area (Å²) in [7, 11) is 0. The SMILES string of the molecule is O=[N+]([O-])/C(Cl)=C/c1cc(Br)ccc1O. The molecule has 0 heterocycles. The summed E-state index contributed by atoms with van der Waals surface area (Å²) in [6, 6.07) is 4.56. The van der Waals surface area contributed by atoms with E-state index in [9.17, 15) is 15.2 Å². The van der Waals surface area contributed by atoms with Gasteiger partial charge in [-0.3, -0.25) is 10.1 Å². The number of halogens is 2. The Hall–Kier alpha value is -1.07. The Morgan fingerprint density at radius 3 is 2.86 bits per heavy atom. The molecule has 4 nitrogen and oxygen atoms in total. The molecular weight excluding hydrogens is 273 g/mol. The second-order valence-electron chi connectivity index (χ2n) is 2.43. The summed E-state index contributed by atoms with van der Waals surface area (Å²) < 4.78 is 0.703. The molecule has 0 amide bonds. The number of nitrogens with zero attached hydrogens (tertiary/aromatic N) is 1. The van der Waals surface area contributed by atoms with Gasteiger partial charge >= 0.3 is 5.16 Å². The van der Waals surface area contributed by atoms with E-state index in [-0.39, 0.29) is 5.75 Å². The Morgan fingerprint density at radius 2 is 2.29 bits per heavy atom. The van der Waals surface area contributed by atoms with Gasteiger partial charge in [-0.15, -0.1) is 0 Å². The van der Waals surface area contributed by atoms with Crippen LogP contribution in [0.25, 0.3) is 6.08 Å². The highest BCUT2D eigenvalue weighted by Gasteiger charge is 2.08. The predicted molar refractivity (Wildman–Crippen MR) is 56.6 cm³/mol. The molecule has 0 atom stereocenters. The van der Waals surface area contributed by atoms with Gasteiger partial charge in [0.25, 0.3) is 0 Å². The lowest BCUT2D eigenvalue weighted by atomic mass is 10.2. The number of nitro groups is 1. The van der Waals surface area contributed by atoms with Crippen LogP contribution in [0.2, 0.25) is 0 Å². The molecule has 0 radical (unpaired) electrons.